The minimum Gasteiger partial charge on any atom is -0.301 e. The van der Waals surface area contributed by atoms with Gasteiger partial charge in [0.05, 0.1) is 0 Å². The van der Waals surface area contributed by atoms with Crippen LogP contribution in [-0.2, 0) is 0 Å². The Kier molecular flexibility index (Phi) is 5.92. The molecule has 0 aromatic rings. The van der Waals surface area contributed by atoms with Gasteiger partial charge in [-0.3, -0.25) is 0 Å². The molecule has 0 aromatic heterocycles. The second-order valence-electron chi connectivity index (χ2n) is 7.95. The third-order valence-corrected chi connectivity index (χ3v) is 5.87. The highest BCUT2D eigenvalue weighted by Crippen LogP contribution is 2.30. The van der Waals surface area contributed by atoms with E-state index in [2.05, 4.69) is 44.4 Å². The fraction of sp³-hybridized carbons (Fsp3) is 1.00. The predicted molar refractivity (Wildman–Crippen MR) is 88.0 cm³/mol. The second-order valence-corrected chi connectivity index (χ2v) is 7.95. The van der Waals surface area contributed by atoms with Crippen LogP contribution in [0, 0.1) is 17.8 Å². The van der Waals surface area contributed by atoms with Crippen LogP contribution in [0.1, 0.15) is 60.3 Å². The summed E-state index contributed by atoms with van der Waals surface area (Å²) in [7, 11) is 0. The molecule has 2 aliphatic heterocycles. The molecular weight excluding hydrogens is 244 g/mol. The van der Waals surface area contributed by atoms with E-state index in [0.717, 1.165) is 29.8 Å². The van der Waals surface area contributed by atoms with Gasteiger partial charge in [-0.2, -0.15) is 0 Å². The van der Waals surface area contributed by atoms with Crippen molar-refractivity contribution in [3.63, 3.8) is 0 Å². The molecular formula is C18H36N2. The van der Waals surface area contributed by atoms with Crippen LogP contribution >= 0.6 is 0 Å². The zero-order valence-corrected chi connectivity index (χ0v) is 14.4. The molecule has 2 saturated heterocycles. The van der Waals surface area contributed by atoms with E-state index in [1.165, 1.54) is 51.9 Å². The van der Waals surface area contributed by atoms with Gasteiger partial charge >= 0.3 is 0 Å². The number of nitrogens with zero attached hydrogens (tertiary/aromatic N) is 2. The van der Waals surface area contributed by atoms with Crippen molar-refractivity contribution in [1.82, 2.24) is 9.80 Å². The monoisotopic (exact) mass is 280 g/mol. The minimum atomic E-state index is 0.733. The smallest absolute Gasteiger partial charge is 0.00697 e. The average Bonchev–Trinajstić information content (AvgIpc) is 2.41. The van der Waals surface area contributed by atoms with Crippen molar-refractivity contribution in [2.75, 3.05) is 26.2 Å². The van der Waals surface area contributed by atoms with Gasteiger partial charge < -0.3 is 9.80 Å². The van der Waals surface area contributed by atoms with Crippen molar-refractivity contribution >= 4 is 0 Å². The summed E-state index contributed by atoms with van der Waals surface area (Å²) in [4.78, 5) is 5.43. The summed E-state index contributed by atoms with van der Waals surface area (Å²) in [5, 5.41) is 0. The van der Waals surface area contributed by atoms with Crippen LogP contribution in [0.5, 0.6) is 0 Å². The van der Waals surface area contributed by atoms with Gasteiger partial charge in [0.1, 0.15) is 0 Å². The summed E-state index contributed by atoms with van der Waals surface area (Å²) in [5.74, 6) is 2.78. The predicted octanol–water partition coefficient (Wildman–Crippen LogP) is 3.86. The lowest BCUT2D eigenvalue weighted by Gasteiger charge is -2.42. The Balaban J connectivity index is 1.75. The maximum absolute atomic E-state index is 2.79. The van der Waals surface area contributed by atoms with Gasteiger partial charge in [0.2, 0.25) is 0 Å². The average molecular weight is 280 g/mol. The molecule has 2 rings (SSSR count). The van der Waals surface area contributed by atoms with Crippen molar-refractivity contribution in [2.24, 2.45) is 17.8 Å². The number of hydrogen-bond acceptors (Lipinski definition) is 2. The third kappa shape index (κ3) is 4.21. The topological polar surface area (TPSA) is 6.48 Å². The van der Waals surface area contributed by atoms with Crippen LogP contribution in [0.2, 0.25) is 0 Å². The van der Waals surface area contributed by atoms with Crippen LogP contribution < -0.4 is 0 Å². The first-order chi connectivity index (χ1) is 9.47. The molecule has 118 valence electrons. The third-order valence-electron chi connectivity index (χ3n) is 5.87. The summed E-state index contributed by atoms with van der Waals surface area (Å²) in [6, 6.07) is 1.54. The normalized spacial score (nSPS) is 31.4. The Morgan fingerprint density at radius 1 is 0.950 bits per heavy atom. The van der Waals surface area contributed by atoms with E-state index in [1.807, 2.05) is 0 Å². The Morgan fingerprint density at radius 2 is 1.60 bits per heavy atom. The molecule has 0 saturated carbocycles. The zero-order chi connectivity index (χ0) is 14.7. The lowest BCUT2D eigenvalue weighted by atomic mass is 9.82. The lowest BCUT2D eigenvalue weighted by molar-refractivity contribution is 0.0645. The van der Waals surface area contributed by atoms with Crippen LogP contribution in [0.25, 0.3) is 0 Å². The highest BCUT2D eigenvalue weighted by Gasteiger charge is 2.29. The Labute approximate surface area is 126 Å². The number of rotatable bonds is 4. The number of hydrogen-bond donors (Lipinski definition) is 0. The largest absolute Gasteiger partial charge is 0.301 e. The fourth-order valence-corrected chi connectivity index (χ4v) is 4.12. The van der Waals surface area contributed by atoms with Gasteiger partial charge in [0.25, 0.3) is 0 Å². The summed E-state index contributed by atoms with van der Waals surface area (Å²) in [5.41, 5.74) is 0. The summed E-state index contributed by atoms with van der Waals surface area (Å²) in [6.45, 7) is 17.3. The standard InChI is InChI=1S/C18H36N2/c1-14(2)18-8-11-20(16(5)12-18)13-17-6-9-19(10-7-17)15(3)4/h14-18H,6-13H2,1-5H3/t16-,18-/m0/s1. The first-order valence-electron chi connectivity index (χ1n) is 8.95. The molecule has 0 N–H and O–H groups in total. The first kappa shape index (κ1) is 16.3. The molecule has 0 radical (unpaired) electrons. The van der Waals surface area contributed by atoms with E-state index < -0.39 is 0 Å². The summed E-state index contributed by atoms with van der Waals surface area (Å²) in [6.07, 6.45) is 5.67. The Bertz CT molecular complexity index is 279. The maximum Gasteiger partial charge on any atom is 0.00697 e. The van der Waals surface area contributed by atoms with Crippen molar-refractivity contribution in [2.45, 2.75) is 72.4 Å². The van der Waals surface area contributed by atoms with E-state index in [-0.39, 0.29) is 0 Å². The number of likely N-dealkylation sites (tertiary alicyclic amines) is 2. The minimum absolute atomic E-state index is 0.733. The molecule has 0 spiro atoms. The molecule has 2 fully saturated rings. The SMILES string of the molecule is CC(C)[C@H]1CCN(CC2CCN(C(C)C)CC2)[C@@H](C)C1. The van der Waals surface area contributed by atoms with Crippen molar-refractivity contribution < 1.29 is 0 Å². The second kappa shape index (κ2) is 7.26. The molecule has 2 heterocycles. The highest BCUT2D eigenvalue weighted by atomic mass is 15.2. The molecule has 2 nitrogen and oxygen atoms in total. The molecule has 0 aromatic carbocycles. The highest BCUT2D eigenvalue weighted by molar-refractivity contribution is 4.83. The van der Waals surface area contributed by atoms with Crippen molar-refractivity contribution in [3.05, 3.63) is 0 Å². The van der Waals surface area contributed by atoms with Crippen LogP contribution in [0.3, 0.4) is 0 Å². The van der Waals surface area contributed by atoms with Crippen molar-refractivity contribution in [3.8, 4) is 0 Å². The van der Waals surface area contributed by atoms with Crippen LogP contribution in [-0.4, -0.2) is 48.1 Å². The fourth-order valence-electron chi connectivity index (χ4n) is 4.12. The van der Waals surface area contributed by atoms with E-state index >= 15 is 0 Å². The summed E-state index contributed by atoms with van der Waals surface area (Å²) < 4.78 is 0. The van der Waals surface area contributed by atoms with E-state index in [9.17, 15) is 0 Å². The maximum atomic E-state index is 2.79. The van der Waals surface area contributed by atoms with Gasteiger partial charge in [-0.25, -0.2) is 0 Å². The Morgan fingerprint density at radius 3 is 2.10 bits per heavy atom. The van der Waals surface area contributed by atoms with E-state index in [4.69, 9.17) is 0 Å². The molecule has 0 amide bonds. The molecule has 20 heavy (non-hydrogen) atoms. The van der Waals surface area contributed by atoms with E-state index in [0.29, 0.717) is 0 Å². The molecule has 2 atom stereocenters. The lowest BCUT2D eigenvalue weighted by Crippen LogP contribution is -2.46. The number of piperidine rings is 2. The van der Waals surface area contributed by atoms with Crippen LogP contribution in [0.4, 0.5) is 0 Å². The first-order valence-corrected chi connectivity index (χ1v) is 8.95. The summed E-state index contributed by atoms with van der Waals surface area (Å²) >= 11 is 0. The molecule has 0 aliphatic carbocycles. The quantitative estimate of drug-likeness (QED) is 0.771. The van der Waals surface area contributed by atoms with Gasteiger partial charge in [0, 0.05) is 18.6 Å². The Hall–Kier alpha value is -0.0800. The van der Waals surface area contributed by atoms with Crippen molar-refractivity contribution in [1.29, 1.82) is 0 Å². The molecule has 2 aliphatic rings. The van der Waals surface area contributed by atoms with Gasteiger partial charge in [-0.05, 0) is 83.8 Å². The molecule has 0 unspecified atom stereocenters. The van der Waals surface area contributed by atoms with Crippen LogP contribution in [0.15, 0.2) is 0 Å². The molecule has 2 heteroatoms. The van der Waals surface area contributed by atoms with Gasteiger partial charge in [0.15, 0.2) is 0 Å². The molecule has 0 bridgehead atoms. The van der Waals surface area contributed by atoms with Gasteiger partial charge in [-0.1, -0.05) is 13.8 Å². The van der Waals surface area contributed by atoms with E-state index in [1.54, 1.807) is 0 Å². The zero-order valence-electron chi connectivity index (χ0n) is 14.4. The van der Waals surface area contributed by atoms with Gasteiger partial charge in [-0.15, -0.1) is 0 Å².